The van der Waals surface area contributed by atoms with Gasteiger partial charge in [0, 0.05) is 18.5 Å². The lowest BCUT2D eigenvalue weighted by Crippen LogP contribution is -2.57. The third-order valence-corrected chi connectivity index (χ3v) is 7.61. The van der Waals surface area contributed by atoms with Gasteiger partial charge >= 0.3 is 0 Å². The van der Waals surface area contributed by atoms with E-state index in [4.69, 9.17) is 4.74 Å². The molecule has 1 aliphatic heterocycles. The predicted octanol–water partition coefficient (Wildman–Crippen LogP) is 3.45. The average Bonchev–Trinajstić information content (AvgIpc) is 3.84. The number of carbonyl (C=O) groups is 4. The van der Waals surface area contributed by atoms with Crippen LogP contribution in [0.15, 0.2) is 84.9 Å². The van der Waals surface area contributed by atoms with Gasteiger partial charge in [0.2, 0.25) is 11.8 Å². The number of carbonyl (C=O) groups excluding carboxylic acids is 4. The molecule has 0 radical (unpaired) electrons. The molecule has 1 aliphatic rings. The van der Waals surface area contributed by atoms with Gasteiger partial charge in [0.1, 0.15) is 6.04 Å². The fraction of sp³-hybridized carbons (Fsp3) is 0.371. The number of aliphatic hydroxyl groups excluding tert-OH is 1. The summed E-state index contributed by atoms with van der Waals surface area (Å²) < 4.78 is 5.25. The Hall–Kier alpha value is -4.34. The summed E-state index contributed by atoms with van der Waals surface area (Å²) >= 11 is 0. The number of nitrogens with one attached hydrogen (secondary N) is 3. The summed E-state index contributed by atoms with van der Waals surface area (Å²) in [4.78, 5) is 52.9. The number of Topliss-reactive ketones (excluding diaryl/α,β-unsaturated/α-hetero) is 1. The Balaban J connectivity index is 1.46. The second-order valence-electron chi connectivity index (χ2n) is 11.6. The highest BCUT2D eigenvalue weighted by Crippen LogP contribution is 2.30. The molecule has 0 bridgehead atoms. The van der Waals surface area contributed by atoms with Gasteiger partial charge in [0.05, 0.1) is 19.3 Å². The van der Waals surface area contributed by atoms with Crippen molar-refractivity contribution in [2.24, 2.45) is 5.92 Å². The number of epoxide rings is 1. The van der Waals surface area contributed by atoms with Crippen LogP contribution in [0.25, 0.3) is 11.1 Å². The van der Waals surface area contributed by atoms with Gasteiger partial charge in [0.15, 0.2) is 11.4 Å². The Morgan fingerprint density at radius 1 is 0.864 bits per heavy atom. The van der Waals surface area contributed by atoms with Gasteiger partial charge in [-0.2, -0.15) is 0 Å². The maximum Gasteiger partial charge on any atom is 0.252 e. The normalized spacial score (nSPS) is 16.9. The molecular weight excluding hydrogens is 558 g/mol. The highest BCUT2D eigenvalue weighted by atomic mass is 16.6. The van der Waals surface area contributed by atoms with Crippen molar-refractivity contribution in [3.63, 3.8) is 0 Å². The van der Waals surface area contributed by atoms with E-state index < -0.39 is 41.9 Å². The first-order valence-corrected chi connectivity index (χ1v) is 15.1. The zero-order valence-electron chi connectivity index (χ0n) is 25.3. The summed E-state index contributed by atoms with van der Waals surface area (Å²) in [5.74, 6) is -1.72. The monoisotopic (exact) mass is 599 g/mol. The fourth-order valence-corrected chi connectivity index (χ4v) is 5.01. The predicted molar refractivity (Wildman–Crippen MR) is 168 cm³/mol. The first-order chi connectivity index (χ1) is 21.2. The Morgan fingerprint density at radius 3 is 2.16 bits per heavy atom. The van der Waals surface area contributed by atoms with Crippen molar-refractivity contribution in [3.05, 3.63) is 96.1 Å². The van der Waals surface area contributed by atoms with E-state index in [1.807, 2.05) is 80.6 Å². The van der Waals surface area contributed by atoms with Crippen LogP contribution in [0.1, 0.15) is 49.0 Å². The molecule has 4 N–H and O–H groups in total. The Morgan fingerprint density at radius 2 is 1.52 bits per heavy atom. The summed E-state index contributed by atoms with van der Waals surface area (Å²) in [7, 11) is 0. The van der Waals surface area contributed by atoms with Crippen LogP contribution < -0.4 is 16.0 Å². The van der Waals surface area contributed by atoms with Gasteiger partial charge in [0.25, 0.3) is 5.91 Å². The molecule has 1 fully saturated rings. The number of hydrogen-bond donors (Lipinski definition) is 4. The molecule has 9 heteroatoms. The maximum absolute atomic E-state index is 13.6. The lowest BCUT2D eigenvalue weighted by atomic mass is 9.92. The summed E-state index contributed by atoms with van der Waals surface area (Å²) in [6, 6.07) is 24.4. The van der Waals surface area contributed by atoms with Gasteiger partial charge in [-0.1, -0.05) is 86.6 Å². The van der Waals surface area contributed by atoms with E-state index in [9.17, 15) is 24.3 Å². The minimum absolute atomic E-state index is 0.0526. The first-order valence-electron chi connectivity index (χ1n) is 15.1. The molecule has 0 spiro atoms. The third kappa shape index (κ3) is 9.08. The lowest BCUT2D eigenvalue weighted by molar-refractivity contribution is -0.133. The van der Waals surface area contributed by atoms with Gasteiger partial charge in [-0.3, -0.25) is 19.2 Å². The second kappa shape index (κ2) is 15.4. The molecule has 0 saturated carbocycles. The number of ether oxygens (including phenoxy) is 1. The highest BCUT2D eigenvalue weighted by molar-refractivity contribution is 6.01. The number of benzene rings is 3. The van der Waals surface area contributed by atoms with Crippen molar-refractivity contribution < 1.29 is 29.0 Å². The van der Waals surface area contributed by atoms with E-state index in [-0.39, 0.29) is 31.4 Å². The molecule has 44 heavy (non-hydrogen) atoms. The Kier molecular flexibility index (Phi) is 11.4. The number of ketones is 1. The van der Waals surface area contributed by atoms with Gasteiger partial charge < -0.3 is 25.8 Å². The zero-order valence-corrected chi connectivity index (χ0v) is 25.3. The summed E-state index contributed by atoms with van der Waals surface area (Å²) in [6.07, 6.45) is 1.93. The van der Waals surface area contributed by atoms with Gasteiger partial charge in [-0.15, -0.1) is 0 Å². The van der Waals surface area contributed by atoms with Gasteiger partial charge in [-0.25, -0.2) is 0 Å². The van der Waals surface area contributed by atoms with Crippen LogP contribution in [0.4, 0.5) is 0 Å². The average molecular weight is 600 g/mol. The van der Waals surface area contributed by atoms with Crippen LogP contribution in [0, 0.1) is 5.92 Å². The zero-order chi connectivity index (χ0) is 31.5. The maximum atomic E-state index is 13.6. The molecule has 3 aromatic rings. The number of hydrogen-bond acceptors (Lipinski definition) is 6. The molecule has 4 rings (SSSR count). The van der Waals surface area contributed by atoms with Crippen molar-refractivity contribution in [1.82, 2.24) is 16.0 Å². The molecule has 1 heterocycles. The Labute approximate surface area is 258 Å². The van der Waals surface area contributed by atoms with E-state index >= 15 is 0 Å². The molecule has 9 nitrogen and oxygen atoms in total. The first kappa shape index (κ1) is 32.6. The van der Waals surface area contributed by atoms with Crippen LogP contribution in [0.2, 0.25) is 0 Å². The van der Waals surface area contributed by atoms with Crippen molar-refractivity contribution >= 4 is 23.5 Å². The summed E-state index contributed by atoms with van der Waals surface area (Å²) in [6.45, 7) is 3.28. The number of amides is 3. The fourth-order valence-electron chi connectivity index (χ4n) is 5.01. The van der Waals surface area contributed by atoms with Crippen LogP contribution >= 0.6 is 0 Å². The molecule has 0 aliphatic carbocycles. The molecule has 232 valence electrons. The molecular formula is C35H41N3O6. The van der Waals surface area contributed by atoms with Crippen LogP contribution in [0.5, 0.6) is 0 Å². The van der Waals surface area contributed by atoms with Gasteiger partial charge in [-0.05, 0) is 54.0 Å². The largest absolute Gasteiger partial charge is 0.393 e. The van der Waals surface area contributed by atoms with Crippen molar-refractivity contribution in [3.8, 4) is 11.1 Å². The third-order valence-electron chi connectivity index (χ3n) is 7.61. The quantitative estimate of drug-likeness (QED) is 0.186. The van der Waals surface area contributed by atoms with Crippen molar-refractivity contribution in [2.45, 2.75) is 57.2 Å². The smallest absolute Gasteiger partial charge is 0.252 e. The molecule has 3 aromatic carbocycles. The lowest BCUT2D eigenvalue weighted by Gasteiger charge is -2.25. The minimum atomic E-state index is -1.31. The van der Waals surface area contributed by atoms with E-state index in [1.165, 1.54) is 0 Å². The topological polar surface area (TPSA) is 137 Å². The molecule has 1 saturated heterocycles. The molecule has 3 atom stereocenters. The number of aliphatic hydroxyl groups is 1. The van der Waals surface area contributed by atoms with Crippen LogP contribution in [0.3, 0.4) is 0 Å². The SMILES string of the molecule is CC(C)CC(NC(=O)[C@H](CNC(=O)CCCc1ccccc1)NC(=O)c1cccc(-c2ccccc2)c1)C(=O)C1(CO)CO1. The van der Waals surface area contributed by atoms with E-state index in [0.29, 0.717) is 18.4 Å². The van der Waals surface area contributed by atoms with E-state index in [0.717, 1.165) is 23.1 Å². The van der Waals surface area contributed by atoms with Crippen molar-refractivity contribution in [1.29, 1.82) is 0 Å². The van der Waals surface area contributed by atoms with Crippen molar-refractivity contribution in [2.75, 3.05) is 19.8 Å². The summed E-state index contributed by atoms with van der Waals surface area (Å²) in [5, 5.41) is 18.0. The molecule has 0 aromatic heterocycles. The van der Waals surface area contributed by atoms with Crippen LogP contribution in [-0.2, 0) is 25.5 Å². The standard InChI is InChI=1S/C35H41N3O6/c1-24(2)19-29(32(41)35(22-39)23-44-35)37-34(43)30(21-36-31(40)18-9-13-25-11-5-3-6-12-25)38-33(42)28-17-10-16-27(20-28)26-14-7-4-8-15-26/h3-8,10-12,14-17,20,24,29-30,39H,9,13,18-19,21-23H2,1-2H3,(H,36,40)(H,37,43)(H,38,42)/t29?,30-,35?/m0/s1. The second-order valence-corrected chi connectivity index (χ2v) is 11.6. The molecule has 2 unspecified atom stereocenters. The number of rotatable bonds is 16. The van der Waals surface area contributed by atoms with Crippen LogP contribution in [-0.4, -0.2) is 66.1 Å². The summed E-state index contributed by atoms with van der Waals surface area (Å²) in [5.41, 5.74) is 1.94. The molecule has 3 amide bonds. The van der Waals surface area contributed by atoms with E-state index in [2.05, 4.69) is 16.0 Å². The number of aryl methyl sites for hydroxylation is 1. The Bertz CT molecular complexity index is 1420. The minimum Gasteiger partial charge on any atom is -0.393 e. The van der Waals surface area contributed by atoms with E-state index in [1.54, 1.807) is 18.2 Å². The highest BCUT2D eigenvalue weighted by Gasteiger charge is 2.54.